The predicted octanol–water partition coefficient (Wildman–Crippen LogP) is 5.55. The van der Waals surface area contributed by atoms with Gasteiger partial charge in [-0.15, -0.1) is 9.25 Å². The molecule has 2 aromatic carbocycles. The van der Waals surface area contributed by atoms with E-state index in [1.807, 2.05) is 6.92 Å². The summed E-state index contributed by atoms with van der Waals surface area (Å²) >= 11 is 2.87. The van der Waals surface area contributed by atoms with Crippen molar-refractivity contribution in [1.29, 1.82) is 0 Å². The van der Waals surface area contributed by atoms with Gasteiger partial charge in [0.1, 0.15) is 11.6 Å². The summed E-state index contributed by atoms with van der Waals surface area (Å²) in [7, 11) is -0.938. The van der Waals surface area contributed by atoms with E-state index < -0.39 is 20.9 Å². The molecule has 0 amide bonds. The molecule has 0 fully saturated rings. The maximum Gasteiger partial charge on any atom is 0.154 e. The first-order chi connectivity index (χ1) is 9.72. The van der Waals surface area contributed by atoms with Crippen molar-refractivity contribution in [2.24, 2.45) is 5.14 Å². The molecular formula is C14H13BrF3NS2. The highest BCUT2D eigenvalue weighted by molar-refractivity contribution is 9.10. The van der Waals surface area contributed by atoms with E-state index in [0.717, 1.165) is 5.56 Å². The topological polar surface area (TPSA) is 26.0 Å². The van der Waals surface area contributed by atoms with E-state index in [4.69, 9.17) is 5.14 Å². The van der Waals surface area contributed by atoms with Crippen LogP contribution >= 0.6 is 36.0 Å². The number of nitrogens with two attached hydrogens (primary N) is 1. The minimum absolute atomic E-state index is 0.226. The Morgan fingerprint density at radius 3 is 2.48 bits per heavy atom. The maximum absolute atomic E-state index is 14.2. The van der Waals surface area contributed by atoms with Gasteiger partial charge in [-0.3, -0.25) is 5.14 Å². The fourth-order valence-corrected chi connectivity index (χ4v) is 6.13. The van der Waals surface area contributed by atoms with Crippen LogP contribution in [0, 0.1) is 24.4 Å². The number of benzene rings is 2. The van der Waals surface area contributed by atoms with Crippen molar-refractivity contribution in [1.82, 2.24) is 0 Å². The molecule has 0 heterocycles. The molecule has 1 atom stereocenters. The maximum atomic E-state index is 14.2. The Bertz CT molecular complexity index is 692. The summed E-state index contributed by atoms with van der Waals surface area (Å²) in [6, 6.07) is 6.88. The summed E-state index contributed by atoms with van der Waals surface area (Å²) in [5.41, 5.74) is 0.854. The van der Waals surface area contributed by atoms with E-state index >= 15 is 0 Å². The number of halogens is 4. The van der Waals surface area contributed by atoms with Crippen LogP contribution in [-0.4, -0.2) is 6.26 Å². The van der Waals surface area contributed by atoms with Crippen LogP contribution in [0.15, 0.2) is 44.6 Å². The first-order valence-corrected chi connectivity index (χ1v) is 10.1. The monoisotopic (exact) mass is 395 g/mol. The van der Waals surface area contributed by atoms with Crippen LogP contribution in [0.5, 0.6) is 0 Å². The smallest absolute Gasteiger partial charge is 0.154 e. The zero-order valence-corrected chi connectivity index (χ0v) is 14.5. The van der Waals surface area contributed by atoms with E-state index in [1.165, 1.54) is 35.1 Å². The predicted molar refractivity (Wildman–Crippen MR) is 87.0 cm³/mol. The molecule has 2 rings (SSSR count). The van der Waals surface area contributed by atoms with Crippen LogP contribution in [0.2, 0.25) is 0 Å². The van der Waals surface area contributed by atoms with Crippen LogP contribution in [-0.2, 0) is 0 Å². The number of hydrogen-bond donors (Lipinski definition) is 1. The SMILES string of the molecule is Cc1ccc(F)cc1SS(C)(N)c1ccc(F)c(Br)c1F. The van der Waals surface area contributed by atoms with Crippen molar-refractivity contribution in [2.75, 3.05) is 6.26 Å². The molecule has 0 aliphatic rings. The molecule has 7 heteroatoms. The molecule has 2 aromatic rings. The third-order valence-electron chi connectivity index (χ3n) is 2.85. The molecule has 0 aliphatic heterocycles. The fraction of sp³-hybridized carbons (Fsp3) is 0.143. The van der Waals surface area contributed by atoms with Gasteiger partial charge in [-0.05, 0) is 58.9 Å². The molecule has 21 heavy (non-hydrogen) atoms. The van der Waals surface area contributed by atoms with Crippen molar-refractivity contribution < 1.29 is 13.2 Å². The van der Waals surface area contributed by atoms with Gasteiger partial charge in [0.15, 0.2) is 5.82 Å². The Labute approximate surface area is 135 Å². The molecule has 0 aromatic heterocycles. The molecule has 0 spiro atoms. The lowest BCUT2D eigenvalue weighted by atomic mass is 10.2. The van der Waals surface area contributed by atoms with E-state index in [1.54, 1.807) is 12.3 Å². The van der Waals surface area contributed by atoms with Crippen molar-refractivity contribution in [3.05, 3.63) is 57.8 Å². The summed E-state index contributed by atoms with van der Waals surface area (Å²) in [6.07, 6.45) is 1.69. The van der Waals surface area contributed by atoms with Gasteiger partial charge in [-0.25, -0.2) is 13.2 Å². The first kappa shape index (κ1) is 16.7. The van der Waals surface area contributed by atoms with Crippen LogP contribution < -0.4 is 5.14 Å². The first-order valence-electron chi connectivity index (χ1n) is 5.87. The van der Waals surface area contributed by atoms with Crippen molar-refractivity contribution in [3.63, 3.8) is 0 Å². The van der Waals surface area contributed by atoms with Gasteiger partial charge >= 0.3 is 0 Å². The lowest BCUT2D eigenvalue weighted by molar-refractivity contribution is 0.554. The van der Waals surface area contributed by atoms with E-state index in [2.05, 4.69) is 15.9 Å². The Morgan fingerprint density at radius 1 is 1.14 bits per heavy atom. The molecule has 0 saturated carbocycles. The second-order valence-corrected chi connectivity index (χ2v) is 10.8. The minimum atomic E-state index is -2.14. The highest BCUT2D eigenvalue weighted by atomic mass is 79.9. The lowest BCUT2D eigenvalue weighted by Crippen LogP contribution is -2.08. The molecule has 0 bridgehead atoms. The zero-order chi connectivity index (χ0) is 15.8. The minimum Gasteiger partial charge on any atom is -0.283 e. The zero-order valence-electron chi connectivity index (χ0n) is 11.3. The molecule has 1 unspecified atom stereocenters. The second kappa shape index (κ2) is 6.24. The van der Waals surface area contributed by atoms with Crippen LogP contribution in [0.3, 0.4) is 0 Å². The molecular weight excluding hydrogens is 383 g/mol. The van der Waals surface area contributed by atoms with Crippen molar-refractivity contribution in [2.45, 2.75) is 16.7 Å². The highest BCUT2D eigenvalue weighted by Gasteiger charge is 2.25. The molecule has 0 saturated heterocycles. The average molecular weight is 396 g/mol. The normalized spacial score (nSPS) is 15.6. The van der Waals surface area contributed by atoms with Crippen molar-refractivity contribution >= 4 is 36.0 Å². The van der Waals surface area contributed by atoms with Gasteiger partial charge < -0.3 is 0 Å². The van der Waals surface area contributed by atoms with Gasteiger partial charge in [-0.1, -0.05) is 16.9 Å². The second-order valence-electron chi connectivity index (χ2n) is 4.57. The van der Waals surface area contributed by atoms with Crippen LogP contribution in [0.1, 0.15) is 5.56 Å². The Hall–Kier alpha value is -0.630. The number of aryl methyl sites for hydroxylation is 1. The highest BCUT2D eigenvalue weighted by Crippen LogP contribution is 2.61. The summed E-state index contributed by atoms with van der Waals surface area (Å²) in [4.78, 5) is 0.874. The largest absolute Gasteiger partial charge is 0.283 e. The van der Waals surface area contributed by atoms with Crippen LogP contribution in [0.4, 0.5) is 13.2 Å². The standard InChI is InChI=1S/C14H13BrF3NS2/c1-8-3-4-9(16)7-11(8)20-21(2,19)12-6-5-10(17)13(15)14(12)18/h3-7H,19H2,1-2H3. The quantitative estimate of drug-likeness (QED) is 0.544. The molecule has 0 radical (unpaired) electrons. The Morgan fingerprint density at radius 2 is 1.81 bits per heavy atom. The average Bonchev–Trinajstić information content (AvgIpc) is 2.39. The van der Waals surface area contributed by atoms with E-state index in [0.29, 0.717) is 4.90 Å². The summed E-state index contributed by atoms with van der Waals surface area (Å²) in [5.74, 6) is -1.77. The summed E-state index contributed by atoms with van der Waals surface area (Å²) in [5, 5.41) is 6.25. The van der Waals surface area contributed by atoms with Gasteiger partial charge in [-0.2, -0.15) is 0 Å². The molecule has 114 valence electrons. The van der Waals surface area contributed by atoms with Gasteiger partial charge in [0.25, 0.3) is 0 Å². The third-order valence-corrected chi connectivity index (χ3v) is 7.85. The summed E-state index contributed by atoms with van der Waals surface area (Å²) in [6.45, 7) is 1.83. The van der Waals surface area contributed by atoms with Crippen molar-refractivity contribution in [3.8, 4) is 0 Å². The van der Waals surface area contributed by atoms with E-state index in [9.17, 15) is 13.2 Å². The lowest BCUT2D eigenvalue weighted by Gasteiger charge is -2.31. The Kier molecular flexibility index (Phi) is 4.97. The molecule has 0 aliphatic carbocycles. The number of rotatable bonds is 3. The fourth-order valence-electron chi connectivity index (χ4n) is 1.72. The van der Waals surface area contributed by atoms with E-state index in [-0.39, 0.29) is 15.2 Å². The molecule has 1 nitrogen and oxygen atoms in total. The number of hydrogen-bond acceptors (Lipinski definition) is 2. The van der Waals surface area contributed by atoms with Crippen LogP contribution in [0.25, 0.3) is 0 Å². The third kappa shape index (κ3) is 3.59. The Balaban J connectivity index is 2.43. The van der Waals surface area contributed by atoms with Gasteiger partial charge in [0, 0.05) is 9.79 Å². The summed E-state index contributed by atoms with van der Waals surface area (Å²) < 4.78 is 40.6. The molecule has 2 N–H and O–H groups in total. The van der Waals surface area contributed by atoms with Gasteiger partial charge in [0.2, 0.25) is 0 Å². The van der Waals surface area contributed by atoms with Gasteiger partial charge in [0.05, 0.1) is 4.47 Å².